The van der Waals surface area contributed by atoms with Crippen LogP contribution in [-0.4, -0.2) is 42.3 Å². The zero-order valence-corrected chi connectivity index (χ0v) is 12.3. The molecule has 2 rings (SSSR count). The van der Waals surface area contributed by atoms with Crippen LogP contribution in [-0.2, 0) is 10.0 Å². The highest BCUT2D eigenvalue weighted by Crippen LogP contribution is 2.27. The number of sulfonamides is 1. The van der Waals surface area contributed by atoms with Crippen molar-refractivity contribution in [3.63, 3.8) is 0 Å². The zero-order valence-electron chi connectivity index (χ0n) is 11.5. The molecule has 2 unspecified atom stereocenters. The van der Waals surface area contributed by atoms with Gasteiger partial charge in [-0.1, -0.05) is 6.92 Å². The smallest absolute Gasteiger partial charge is 0.246 e. The van der Waals surface area contributed by atoms with Crippen molar-refractivity contribution < 1.29 is 8.42 Å². The SMILES string of the molecule is CNc1ncc(S(=O)(=O)N2CCC(C)CC2C)cn1. The van der Waals surface area contributed by atoms with Gasteiger partial charge in [0.1, 0.15) is 4.90 Å². The summed E-state index contributed by atoms with van der Waals surface area (Å²) >= 11 is 0. The van der Waals surface area contributed by atoms with E-state index < -0.39 is 10.0 Å². The minimum absolute atomic E-state index is 0.0257. The summed E-state index contributed by atoms with van der Waals surface area (Å²) < 4.78 is 26.6. The molecule has 1 saturated heterocycles. The van der Waals surface area contributed by atoms with Crippen LogP contribution < -0.4 is 5.32 Å². The topological polar surface area (TPSA) is 75.2 Å². The molecule has 1 N–H and O–H groups in total. The van der Waals surface area contributed by atoms with Gasteiger partial charge in [-0.15, -0.1) is 0 Å². The molecule has 2 atom stereocenters. The van der Waals surface area contributed by atoms with Gasteiger partial charge in [-0.05, 0) is 25.7 Å². The second kappa shape index (κ2) is 5.42. The number of rotatable bonds is 3. The molecule has 0 saturated carbocycles. The second-order valence-corrected chi connectivity index (χ2v) is 6.98. The van der Waals surface area contributed by atoms with Crippen LogP contribution in [0.15, 0.2) is 17.3 Å². The first kappa shape index (κ1) is 14.2. The number of anilines is 1. The Morgan fingerprint density at radius 2 is 1.95 bits per heavy atom. The molecule has 1 aliphatic rings. The number of piperidine rings is 1. The molecule has 0 spiro atoms. The zero-order chi connectivity index (χ0) is 14.0. The van der Waals surface area contributed by atoms with E-state index in [0.717, 1.165) is 12.8 Å². The Kier molecular flexibility index (Phi) is 4.05. The molecule has 7 heteroatoms. The van der Waals surface area contributed by atoms with Crippen LogP contribution in [0.2, 0.25) is 0 Å². The van der Waals surface area contributed by atoms with E-state index in [0.29, 0.717) is 18.4 Å². The van der Waals surface area contributed by atoms with Crippen LogP contribution in [0.3, 0.4) is 0 Å². The number of nitrogens with one attached hydrogen (secondary N) is 1. The molecular formula is C12H20N4O2S. The van der Waals surface area contributed by atoms with Gasteiger partial charge in [0, 0.05) is 19.6 Å². The Bertz CT molecular complexity index is 529. The molecule has 1 aromatic rings. The maximum Gasteiger partial charge on any atom is 0.246 e. The van der Waals surface area contributed by atoms with Gasteiger partial charge in [0.05, 0.1) is 12.4 Å². The first-order chi connectivity index (χ1) is 8.95. The lowest BCUT2D eigenvalue weighted by Gasteiger charge is -2.35. The van der Waals surface area contributed by atoms with Gasteiger partial charge in [0.25, 0.3) is 0 Å². The lowest BCUT2D eigenvalue weighted by Crippen LogP contribution is -2.44. The summed E-state index contributed by atoms with van der Waals surface area (Å²) in [6.07, 6.45) is 4.52. The van der Waals surface area contributed by atoms with E-state index in [-0.39, 0.29) is 10.9 Å². The van der Waals surface area contributed by atoms with E-state index in [1.54, 1.807) is 11.4 Å². The van der Waals surface area contributed by atoms with Crippen LogP contribution in [0.4, 0.5) is 5.95 Å². The first-order valence-corrected chi connectivity index (χ1v) is 7.90. The fourth-order valence-electron chi connectivity index (χ4n) is 2.46. The van der Waals surface area contributed by atoms with Crippen LogP contribution in [0, 0.1) is 5.92 Å². The summed E-state index contributed by atoms with van der Waals surface area (Å²) in [5.41, 5.74) is 0. The first-order valence-electron chi connectivity index (χ1n) is 6.46. The lowest BCUT2D eigenvalue weighted by atomic mass is 9.95. The van der Waals surface area contributed by atoms with Crippen molar-refractivity contribution in [3.8, 4) is 0 Å². The average molecular weight is 284 g/mol. The van der Waals surface area contributed by atoms with Crippen molar-refractivity contribution in [1.29, 1.82) is 0 Å². The van der Waals surface area contributed by atoms with Gasteiger partial charge in [-0.2, -0.15) is 4.31 Å². The highest BCUT2D eigenvalue weighted by molar-refractivity contribution is 7.89. The standard InChI is InChI=1S/C12H20N4O2S/c1-9-4-5-16(10(2)6-9)19(17,18)11-7-14-12(13-3)15-8-11/h7-10H,4-6H2,1-3H3,(H,13,14,15). The molecule has 19 heavy (non-hydrogen) atoms. The highest BCUT2D eigenvalue weighted by atomic mass is 32.2. The van der Waals surface area contributed by atoms with Crippen molar-refractivity contribution in [2.45, 2.75) is 37.6 Å². The van der Waals surface area contributed by atoms with Crippen molar-refractivity contribution in [2.75, 3.05) is 18.9 Å². The predicted octanol–water partition coefficient (Wildman–Crippen LogP) is 1.33. The van der Waals surface area contributed by atoms with Crippen LogP contribution >= 0.6 is 0 Å². The van der Waals surface area contributed by atoms with Gasteiger partial charge >= 0.3 is 0 Å². The summed E-state index contributed by atoms with van der Waals surface area (Å²) in [6.45, 7) is 4.68. The molecule has 2 heterocycles. The third-order valence-electron chi connectivity index (χ3n) is 3.54. The third kappa shape index (κ3) is 2.87. The normalized spacial score (nSPS) is 25.2. The fraction of sp³-hybridized carbons (Fsp3) is 0.667. The van der Waals surface area contributed by atoms with E-state index in [9.17, 15) is 8.42 Å². The van der Waals surface area contributed by atoms with Crippen molar-refractivity contribution in [3.05, 3.63) is 12.4 Å². The summed E-state index contributed by atoms with van der Waals surface area (Å²) in [4.78, 5) is 8.10. The molecule has 1 aliphatic heterocycles. The van der Waals surface area contributed by atoms with E-state index in [2.05, 4.69) is 22.2 Å². The highest BCUT2D eigenvalue weighted by Gasteiger charge is 2.33. The summed E-state index contributed by atoms with van der Waals surface area (Å²) in [5, 5.41) is 2.77. The number of aromatic nitrogens is 2. The molecule has 0 radical (unpaired) electrons. The van der Waals surface area contributed by atoms with Gasteiger partial charge in [-0.25, -0.2) is 18.4 Å². The van der Waals surface area contributed by atoms with E-state index in [4.69, 9.17) is 0 Å². The van der Waals surface area contributed by atoms with E-state index in [1.165, 1.54) is 12.4 Å². The average Bonchev–Trinajstić information content (AvgIpc) is 2.38. The molecule has 106 valence electrons. The monoisotopic (exact) mass is 284 g/mol. The maximum absolute atomic E-state index is 12.5. The molecule has 0 bridgehead atoms. The van der Waals surface area contributed by atoms with Gasteiger partial charge in [0.15, 0.2) is 0 Å². The van der Waals surface area contributed by atoms with E-state index in [1.807, 2.05) is 6.92 Å². The fourth-order valence-corrected chi connectivity index (χ4v) is 4.00. The van der Waals surface area contributed by atoms with Crippen molar-refractivity contribution in [2.24, 2.45) is 5.92 Å². The molecular weight excluding hydrogens is 264 g/mol. The number of hydrogen-bond acceptors (Lipinski definition) is 5. The summed E-state index contributed by atoms with van der Waals surface area (Å²) in [6, 6.07) is 0.0257. The largest absolute Gasteiger partial charge is 0.357 e. The molecule has 0 aromatic carbocycles. The minimum atomic E-state index is -3.48. The molecule has 1 aromatic heterocycles. The third-order valence-corrected chi connectivity index (χ3v) is 5.50. The number of nitrogens with zero attached hydrogens (tertiary/aromatic N) is 3. The lowest BCUT2D eigenvalue weighted by molar-refractivity contribution is 0.220. The summed E-state index contributed by atoms with van der Waals surface area (Å²) in [5.74, 6) is 0.989. The summed E-state index contributed by atoms with van der Waals surface area (Å²) in [7, 11) is -1.79. The van der Waals surface area contributed by atoms with Gasteiger partial charge in [0.2, 0.25) is 16.0 Å². The Labute approximate surface area is 114 Å². The van der Waals surface area contributed by atoms with Crippen LogP contribution in [0.25, 0.3) is 0 Å². The quantitative estimate of drug-likeness (QED) is 0.906. The Morgan fingerprint density at radius 1 is 1.32 bits per heavy atom. The predicted molar refractivity (Wildman–Crippen MR) is 73.3 cm³/mol. The van der Waals surface area contributed by atoms with E-state index >= 15 is 0 Å². The van der Waals surface area contributed by atoms with Gasteiger partial charge in [-0.3, -0.25) is 0 Å². The maximum atomic E-state index is 12.5. The Hall–Kier alpha value is -1.21. The Morgan fingerprint density at radius 3 is 2.47 bits per heavy atom. The molecule has 1 fully saturated rings. The van der Waals surface area contributed by atoms with Crippen molar-refractivity contribution in [1.82, 2.24) is 14.3 Å². The van der Waals surface area contributed by atoms with Crippen molar-refractivity contribution >= 4 is 16.0 Å². The van der Waals surface area contributed by atoms with Crippen LogP contribution in [0.1, 0.15) is 26.7 Å². The van der Waals surface area contributed by atoms with Gasteiger partial charge < -0.3 is 5.32 Å². The molecule has 0 amide bonds. The molecule has 0 aliphatic carbocycles. The Balaban J connectivity index is 2.26. The number of hydrogen-bond donors (Lipinski definition) is 1. The minimum Gasteiger partial charge on any atom is -0.357 e. The van der Waals surface area contributed by atoms with Crippen LogP contribution in [0.5, 0.6) is 0 Å². The second-order valence-electron chi connectivity index (χ2n) is 5.09. The molecule has 6 nitrogen and oxygen atoms in total.